The fraction of sp³-hybridized carbons (Fsp3) is 1.00. The molecular formula is C40H85N5. The average Bonchev–Trinajstić information content (AvgIpc) is 3.44. The summed E-state index contributed by atoms with van der Waals surface area (Å²) in [4.78, 5) is 12.8. The molecule has 0 N–H and O–H groups in total. The number of piperazine rings is 1. The zero-order chi connectivity index (χ0) is 34.4. The lowest BCUT2D eigenvalue weighted by Crippen LogP contribution is -2.51. The standard InChI is InChI=1S/C11H23N.C10H22N2.C10H21N.C9H19N/c2*1-9(2)11-5-7-12(8-6-11)10(3)4;1-8(2)10-5-6-11(7-10)9(3)4;1-7(2)9-5-10(6-9)8(3)4/h9-11H,5-8H2,1-4H3;9-10H,5-8H2,1-4H3;8-10H,5-7H2,1-4H3;7-9H,5-6H2,1-4H3. The molecule has 0 radical (unpaired) electrons. The van der Waals surface area contributed by atoms with Crippen LogP contribution in [0.3, 0.4) is 0 Å². The van der Waals surface area contributed by atoms with Crippen molar-refractivity contribution in [1.29, 1.82) is 0 Å². The van der Waals surface area contributed by atoms with E-state index in [0.717, 1.165) is 65.7 Å². The topological polar surface area (TPSA) is 16.2 Å². The maximum atomic E-state index is 2.60. The number of piperidine rings is 1. The molecule has 4 aliphatic heterocycles. The van der Waals surface area contributed by atoms with Gasteiger partial charge in [0, 0.05) is 76.0 Å². The summed E-state index contributed by atoms with van der Waals surface area (Å²) >= 11 is 0. The van der Waals surface area contributed by atoms with E-state index in [9.17, 15) is 0 Å². The van der Waals surface area contributed by atoms with Crippen molar-refractivity contribution in [2.45, 2.75) is 160 Å². The normalized spacial score (nSPS) is 23.6. The van der Waals surface area contributed by atoms with E-state index in [1.165, 1.54) is 84.7 Å². The maximum absolute atomic E-state index is 2.60. The molecular weight excluding hydrogens is 550 g/mol. The van der Waals surface area contributed by atoms with Crippen molar-refractivity contribution < 1.29 is 0 Å². The molecule has 0 amide bonds. The summed E-state index contributed by atoms with van der Waals surface area (Å²) in [5.74, 6) is 5.56. The van der Waals surface area contributed by atoms with Crippen LogP contribution in [0.25, 0.3) is 0 Å². The molecule has 0 aliphatic carbocycles. The Labute approximate surface area is 285 Å². The fourth-order valence-corrected chi connectivity index (χ4v) is 7.09. The van der Waals surface area contributed by atoms with Crippen LogP contribution in [0.4, 0.5) is 0 Å². The van der Waals surface area contributed by atoms with Gasteiger partial charge in [-0.15, -0.1) is 0 Å². The van der Waals surface area contributed by atoms with Gasteiger partial charge in [0.05, 0.1) is 0 Å². The number of rotatable bonds is 8. The molecule has 4 fully saturated rings. The van der Waals surface area contributed by atoms with Crippen LogP contribution >= 0.6 is 0 Å². The molecule has 4 rings (SSSR count). The monoisotopic (exact) mass is 636 g/mol. The van der Waals surface area contributed by atoms with E-state index in [0.29, 0.717) is 0 Å². The van der Waals surface area contributed by atoms with E-state index in [-0.39, 0.29) is 0 Å². The minimum atomic E-state index is 0.722. The van der Waals surface area contributed by atoms with Crippen molar-refractivity contribution in [1.82, 2.24) is 24.5 Å². The number of nitrogens with zero attached hydrogens (tertiary/aromatic N) is 5. The largest absolute Gasteiger partial charge is 0.301 e. The summed E-state index contributed by atoms with van der Waals surface area (Å²) < 4.78 is 0. The summed E-state index contributed by atoms with van der Waals surface area (Å²) in [7, 11) is 0. The molecule has 4 heterocycles. The Morgan fingerprint density at radius 3 is 0.822 bits per heavy atom. The highest BCUT2D eigenvalue weighted by atomic mass is 15.3. The van der Waals surface area contributed by atoms with Gasteiger partial charge in [0.2, 0.25) is 0 Å². The van der Waals surface area contributed by atoms with Gasteiger partial charge in [-0.1, -0.05) is 41.5 Å². The molecule has 270 valence electrons. The predicted octanol–water partition coefficient (Wildman–Crippen LogP) is 8.54. The summed E-state index contributed by atoms with van der Waals surface area (Å²) in [6.45, 7) is 49.8. The van der Waals surface area contributed by atoms with Crippen LogP contribution in [-0.2, 0) is 0 Å². The van der Waals surface area contributed by atoms with E-state index in [2.05, 4.69) is 135 Å². The summed E-state index contributed by atoms with van der Waals surface area (Å²) in [6.07, 6.45) is 4.24. The number of hydrogen-bond acceptors (Lipinski definition) is 5. The van der Waals surface area contributed by atoms with Crippen molar-refractivity contribution >= 4 is 0 Å². The first-order valence-corrected chi connectivity index (χ1v) is 19.6. The van der Waals surface area contributed by atoms with Gasteiger partial charge in [-0.2, -0.15) is 0 Å². The third-order valence-electron chi connectivity index (χ3n) is 11.6. The van der Waals surface area contributed by atoms with Crippen LogP contribution in [0.5, 0.6) is 0 Å². The third kappa shape index (κ3) is 16.2. The number of likely N-dealkylation sites (tertiary alicyclic amines) is 3. The van der Waals surface area contributed by atoms with Crippen LogP contribution < -0.4 is 0 Å². The van der Waals surface area contributed by atoms with Gasteiger partial charge < -0.3 is 14.7 Å². The Bertz CT molecular complexity index is 618. The minimum absolute atomic E-state index is 0.722. The van der Waals surface area contributed by atoms with E-state index in [1.54, 1.807) is 0 Å². The van der Waals surface area contributed by atoms with Gasteiger partial charge in [-0.25, -0.2) is 0 Å². The molecule has 0 aromatic rings. The van der Waals surface area contributed by atoms with E-state index in [1.807, 2.05) is 0 Å². The smallest absolute Gasteiger partial charge is 0.0113 e. The van der Waals surface area contributed by atoms with Gasteiger partial charge in [0.25, 0.3) is 0 Å². The van der Waals surface area contributed by atoms with Gasteiger partial charge in [0.1, 0.15) is 0 Å². The first kappa shape index (κ1) is 42.8. The first-order valence-electron chi connectivity index (χ1n) is 19.6. The van der Waals surface area contributed by atoms with Crippen LogP contribution in [0.15, 0.2) is 0 Å². The zero-order valence-corrected chi connectivity index (χ0v) is 33.8. The Morgan fingerprint density at radius 2 is 0.556 bits per heavy atom. The average molecular weight is 636 g/mol. The van der Waals surface area contributed by atoms with E-state index in [4.69, 9.17) is 0 Å². The van der Waals surface area contributed by atoms with Crippen molar-refractivity contribution in [2.24, 2.45) is 35.5 Å². The molecule has 5 nitrogen and oxygen atoms in total. The second kappa shape index (κ2) is 21.7. The van der Waals surface area contributed by atoms with E-state index < -0.39 is 0 Å². The molecule has 0 bridgehead atoms. The Balaban J connectivity index is 0.000000301. The Hall–Kier alpha value is -0.200. The van der Waals surface area contributed by atoms with Gasteiger partial charge >= 0.3 is 0 Å². The Kier molecular flexibility index (Phi) is 20.7. The quantitative estimate of drug-likeness (QED) is 0.265. The lowest BCUT2D eigenvalue weighted by atomic mass is 9.86. The van der Waals surface area contributed by atoms with Crippen LogP contribution in [0, 0.1) is 35.5 Å². The molecule has 5 heteroatoms. The highest BCUT2D eigenvalue weighted by Gasteiger charge is 2.30. The third-order valence-corrected chi connectivity index (χ3v) is 11.6. The molecule has 4 saturated heterocycles. The van der Waals surface area contributed by atoms with Gasteiger partial charge in [-0.05, 0) is 144 Å². The van der Waals surface area contributed by atoms with Crippen LogP contribution in [0.1, 0.15) is 130 Å². The molecule has 0 saturated carbocycles. The zero-order valence-electron chi connectivity index (χ0n) is 33.8. The van der Waals surface area contributed by atoms with Crippen molar-refractivity contribution in [3.05, 3.63) is 0 Å². The first-order chi connectivity index (χ1) is 20.9. The summed E-state index contributed by atoms with van der Waals surface area (Å²) in [5.41, 5.74) is 0. The second-order valence-corrected chi connectivity index (χ2v) is 17.4. The molecule has 0 aromatic carbocycles. The fourth-order valence-electron chi connectivity index (χ4n) is 7.09. The van der Waals surface area contributed by atoms with Crippen LogP contribution in [-0.4, -0.2) is 120 Å². The Morgan fingerprint density at radius 1 is 0.289 bits per heavy atom. The predicted molar refractivity (Wildman–Crippen MR) is 202 cm³/mol. The molecule has 0 spiro atoms. The summed E-state index contributed by atoms with van der Waals surface area (Å²) in [6, 6.07) is 3.70. The van der Waals surface area contributed by atoms with Crippen molar-refractivity contribution in [3.8, 4) is 0 Å². The highest BCUT2D eigenvalue weighted by Crippen LogP contribution is 2.26. The summed E-state index contributed by atoms with van der Waals surface area (Å²) in [5, 5.41) is 0. The molecule has 45 heavy (non-hydrogen) atoms. The molecule has 4 aliphatic rings. The SMILES string of the molecule is CC(C)C1CCN(C(C)C)C1.CC(C)C1CCN(C(C)C)CC1.CC(C)C1CN(C(C)C)C1.CC(C)N1CCN(C(C)C)CC1. The van der Waals surface area contributed by atoms with E-state index >= 15 is 0 Å². The maximum Gasteiger partial charge on any atom is 0.0113 e. The van der Waals surface area contributed by atoms with Crippen molar-refractivity contribution in [2.75, 3.05) is 65.4 Å². The van der Waals surface area contributed by atoms with Gasteiger partial charge in [0.15, 0.2) is 0 Å². The lowest BCUT2D eigenvalue weighted by Gasteiger charge is -2.44. The molecule has 1 unspecified atom stereocenters. The number of hydrogen-bond donors (Lipinski definition) is 0. The van der Waals surface area contributed by atoms with Crippen LogP contribution in [0.2, 0.25) is 0 Å². The molecule has 1 atom stereocenters. The minimum Gasteiger partial charge on any atom is -0.301 e. The van der Waals surface area contributed by atoms with Gasteiger partial charge in [-0.3, -0.25) is 9.80 Å². The van der Waals surface area contributed by atoms with Crippen molar-refractivity contribution in [3.63, 3.8) is 0 Å². The molecule has 0 aromatic heterocycles. The highest BCUT2D eigenvalue weighted by molar-refractivity contribution is 4.83. The second-order valence-electron chi connectivity index (χ2n) is 17.4. The lowest BCUT2D eigenvalue weighted by molar-refractivity contribution is 0.0408.